The first-order chi connectivity index (χ1) is 11.2. The lowest BCUT2D eigenvalue weighted by molar-refractivity contribution is -0.176. The van der Waals surface area contributed by atoms with Crippen LogP contribution in [0.25, 0.3) is 0 Å². The lowest BCUT2D eigenvalue weighted by atomic mass is 9.56. The van der Waals surface area contributed by atoms with Crippen molar-refractivity contribution in [3.8, 4) is 0 Å². The molecule has 1 heterocycles. The van der Waals surface area contributed by atoms with Crippen LogP contribution >= 0.6 is 0 Å². The van der Waals surface area contributed by atoms with Gasteiger partial charge in [0, 0.05) is 25.1 Å². The number of furan rings is 1. The van der Waals surface area contributed by atoms with E-state index >= 15 is 0 Å². The molecule has 2 rings (SSSR count). The Balaban J connectivity index is 2.02. The minimum Gasteiger partial charge on any atom is -0.454 e. The number of methoxy groups -OCH3 is 1. The van der Waals surface area contributed by atoms with Crippen LogP contribution in [-0.2, 0) is 11.3 Å². The Kier molecular flexibility index (Phi) is 5.22. The molecular weight excluding hydrogens is 308 g/mol. The van der Waals surface area contributed by atoms with Gasteiger partial charge in [0.15, 0.2) is 11.7 Å². The fourth-order valence-corrected chi connectivity index (χ4v) is 2.96. The number of aliphatic imine (C=N–C) groups is 1. The van der Waals surface area contributed by atoms with Crippen LogP contribution in [0.5, 0.6) is 0 Å². The number of nitrogens with one attached hydrogen (secondary N) is 2. The summed E-state index contributed by atoms with van der Waals surface area (Å²) in [5, 5.41) is 6.69. The summed E-state index contributed by atoms with van der Waals surface area (Å²) in [7, 11) is 1.75. The van der Waals surface area contributed by atoms with Gasteiger partial charge in [0.2, 0.25) is 0 Å². The molecule has 24 heavy (non-hydrogen) atoms. The molecule has 0 spiro atoms. The molecule has 0 saturated heterocycles. The number of carbonyl (C=O) groups is 1. The van der Waals surface area contributed by atoms with Gasteiger partial charge in [0.25, 0.3) is 5.91 Å². The van der Waals surface area contributed by atoms with Crippen molar-refractivity contribution < 1.29 is 13.9 Å². The standard InChI is InChI=1S/C17H28N4O3/c1-6-19-15(20-10-11-7-8-12(24-11)14(18)22)21-13-9-17(4,23-5)16(13,2)3/h7-8,13H,6,9-10H2,1-5H3,(H2,18,22)(H2,19,20,21). The second kappa shape index (κ2) is 6.84. The molecule has 1 aromatic rings. The van der Waals surface area contributed by atoms with Crippen molar-refractivity contribution in [2.45, 2.75) is 52.3 Å². The zero-order valence-corrected chi connectivity index (χ0v) is 15.1. The predicted octanol–water partition coefficient (Wildman–Crippen LogP) is 1.64. The molecule has 1 aliphatic rings. The summed E-state index contributed by atoms with van der Waals surface area (Å²) in [6.45, 7) is 9.60. The zero-order valence-electron chi connectivity index (χ0n) is 15.1. The summed E-state index contributed by atoms with van der Waals surface area (Å²) in [6.07, 6.45) is 0.910. The molecule has 134 valence electrons. The highest BCUT2D eigenvalue weighted by atomic mass is 16.5. The summed E-state index contributed by atoms with van der Waals surface area (Å²) in [4.78, 5) is 15.6. The molecule has 2 atom stereocenters. The van der Waals surface area contributed by atoms with Crippen LogP contribution in [0.15, 0.2) is 21.5 Å². The molecule has 1 saturated carbocycles. The maximum Gasteiger partial charge on any atom is 0.284 e. The molecule has 0 aliphatic heterocycles. The minimum absolute atomic E-state index is 0.0121. The van der Waals surface area contributed by atoms with Crippen LogP contribution in [0.2, 0.25) is 0 Å². The van der Waals surface area contributed by atoms with E-state index in [9.17, 15) is 4.79 Å². The average molecular weight is 336 g/mol. The second-order valence-electron chi connectivity index (χ2n) is 6.88. The fourth-order valence-electron chi connectivity index (χ4n) is 2.96. The molecule has 1 amide bonds. The molecule has 1 aromatic heterocycles. The van der Waals surface area contributed by atoms with Gasteiger partial charge >= 0.3 is 0 Å². The maximum absolute atomic E-state index is 11.1. The van der Waals surface area contributed by atoms with Crippen LogP contribution in [0.3, 0.4) is 0 Å². The van der Waals surface area contributed by atoms with E-state index in [0.717, 1.165) is 13.0 Å². The van der Waals surface area contributed by atoms with Gasteiger partial charge < -0.3 is 25.5 Å². The number of rotatable bonds is 6. The van der Waals surface area contributed by atoms with Crippen molar-refractivity contribution in [3.05, 3.63) is 23.7 Å². The van der Waals surface area contributed by atoms with Gasteiger partial charge in [-0.25, -0.2) is 4.99 Å². The lowest BCUT2D eigenvalue weighted by Crippen LogP contribution is -2.69. The third kappa shape index (κ3) is 3.40. The Morgan fingerprint density at radius 3 is 2.67 bits per heavy atom. The number of hydrogen-bond acceptors (Lipinski definition) is 4. The molecular formula is C17H28N4O3. The van der Waals surface area contributed by atoms with Gasteiger partial charge in [0.1, 0.15) is 12.3 Å². The zero-order chi connectivity index (χ0) is 18.0. The van der Waals surface area contributed by atoms with Crippen LogP contribution < -0.4 is 16.4 Å². The fraction of sp³-hybridized carbons (Fsp3) is 0.647. The van der Waals surface area contributed by atoms with Gasteiger partial charge in [-0.2, -0.15) is 0 Å². The minimum atomic E-state index is -0.578. The Morgan fingerprint density at radius 1 is 1.46 bits per heavy atom. The van der Waals surface area contributed by atoms with Crippen molar-refractivity contribution in [1.29, 1.82) is 0 Å². The highest BCUT2D eigenvalue weighted by molar-refractivity contribution is 5.89. The van der Waals surface area contributed by atoms with Crippen molar-refractivity contribution >= 4 is 11.9 Å². The number of hydrogen-bond donors (Lipinski definition) is 3. The molecule has 0 aromatic carbocycles. The van der Waals surface area contributed by atoms with Crippen molar-refractivity contribution in [3.63, 3.8) is 0 Å². The maximum atomic E-state index is 11.1. The van der Waals surface area contributed by atoms with Gasteiger partial charge in [-0.3, -0.25) is 4.79 Å². The number of ether oxygens (including phenoxy) is 1. The smallest absolute Gasteiger partial charge is 0.284 e. The first kappa shape index (κ1) is 18.3. The number of guanidine groups is 1. The van der Waals surface area contributed by atoms with E-state index in [1.54, 1.807) is 19.2 Å². The second-order valence-corrected chi connectivity index (χ2v) is 6.88. The quantitative estimate of drug-likeness (QED) is 0.541. The first-order valence-corrected chi connectivity index (χ1v) is 8.22. The topological polar surface area (TPSA) is 102 Å². The summed E-state index contributed by atoms with van der Waals surface area (Å²) >= 11 is 0. The van der Waals surface area contributed by atoms with E-state index in [4.69, 9.17) is 14.9 Å². The van der Waals surface area contributed by atoms with E-state index in [1.165, 1.54) is 0 Å². The van der Waals surface area contributed by atoms with E-state index in [2.05, 4.69) is 36.4 Å². The van der Waals surface area contributed by atoms with Gasteiger partial charge in [-0.05, 0) is 32.4 Å². The predicted molar refractivity (Wildman–Crippen MR) is 92.8 cm³/mol. The number of amides is 1. The molecule has 4 N–H and O–H groups in total. The Bertz CT molecular complexity index is 623. The largest absolute Gasteiger partial charge is 0.454 e. The molecule has 1 aliphatic carbocycles. The van der Waals surface area contributed by atoms with Crippen LogP contribution in [-0.4, -0.2) is 37.2 Å². The first-order valence-electron chi connectivity index (χ1n) is 8.22. The molecule has 0 radical (unpaired) electrons. The number of carbonyl (C=O) groups excluding carboxylic acids is 1. The number of nitrogens with zero attached hydrogens (tertiary/aromatic N) is 1. The lowest BCUT2D eigenvalue weighted by Gasteiger charge is -2.59. The molecule has 0 bridgehead atoms. The van der Waals surface area contributed by atoms with Crippen LogP contribution in [0.1, 0.15) is 50.4 Å². The third-order valence-corrected chi connectivity index (χ3v) is 5.23. The Morgan fingerprint density at radius 2 is 2.17 bits per heavy atom. The van der Waals surface area contributed by atoms with E-state index in [-0.39, 0.29) is 22.8 Å². The monoisotopic (exact) mass is 336 g/mol. The molecule has 2 unspecified atom stereocenters. The van der Waals surface area contributed by atoms with Crippen LogP contribution in [0, 0.1) is 5.41 Å². The van der Waals surface area contributed by atoms with Crippen molar-refractivity contribution in [1.82, 2.24) is 10.6 Å². The average Bonchev–Trinajstić information content (AvgIpc) is 3.01. The Hall–Kier alpha value is -2.02. The van der Waals surface area contributed by atoms with Gasteiger partial charge in [-0.1, -0.05) is 13.8 Å². The summed E-state index contributed by atoms with van der Waals surface area (Å²) in [5.41, 5.74) is 5.03. The normalized spacial score (nSPS) is 25.9. The number of primary amides is 1. The summed E-state index contributed by atoms with van der Waals surface area (Å²) in [6, 6.07) is 3.53. The summed E-state index contributed by atoms with van der Waals surface area (Å²) < 4.78 is 11.0. The van der Waals surface area contributed by atoms with Gasteiger partial charge in [0.05, 0.1) is 5.60 Å². The molecule has 7 heteroatoms. The molecule has 7 nitrogen and oxygen atoms in total. The highest BCUT2D eigenvalue weighted by Crippen LogP contribution is 2.51. The number of nitrogens with two attached hydrogens (primary N) is 1. The van der Waals surface area contributed by atoms with Crippen molar-refractivity contribution in [2.75, 3.05) is 13.7 Å². The van der Waals surface area contributed by atoms with E-state index < -0.39 is 5.91 Å². The summed E-state index contributed by atoms with van der Waals surface area (Å²) in [5.74, 6) is 0.876. The SMILES string of the molecule is CCNC(=NCc1ccc(C(N)=O)o1)NC1CC(C)(OC)C1(C)C. The van der Waals surface area contributed by atoms with Gasteiger partial charge in [-0.15, -0.1) is 0 Å². The van der Waals surface area contributed by atoms with E-state index in [0.29, 0.717) is 18.3 Å². The highest BCUT2D eigenvalue weighted by Gasteiger charge is 2.58. The van der Waals surface area contributed by atoms with Crippen LogP contribution in [0.4, 0.5) is 0 Å². The van der Waals surface area contributed by atoms with Crippen molar-refractivity contribution in [2.24, 2.45) is 16.1 Å². The Labute approximate surface area is 143 Å². The molecule has 1 fully saturated rings. The third-order valence-electron chi connectivity index (χ3n) is 5.23. The van der Waals surface area contributed by atoms with E-state index in [1.807, 2.05) is 6.92 Å².